The molecule has 1 unspecified atom stereocenters. The number of esters is 1. The van der Waals surface area contributed by atoms with Crippen LogP contribution < -0.4 is 10.3 Å². The van der Waals surface area contributed by atoms with Crippen LogP contribution in [0.2, 0.25) is 10.0 Å². The predicted molar refractivity (Wildman–Crippen MR) is 98.8 cm³/mol. The van der Waals surface area contributed by atoms with E-state index in [2.05, 4.69) is 16.3 Å². The first-order chi connectivity index (χ1) is 12.0. The van der Waals surface area contributed by atoms with Gasteiger partial charge >= 0.3 is 5.97 Å². The highest BCUT2D eigenvalue weighted by molar-refractivity contribution is 6.34. The van der Waals surface area contributed by atoms with E-state index in [1.54, 1.807) is 24.3 Å². The Bertz CT molecular complexity index is 800. The number of nitrogens with one attached hydrogen (secondary N) is 1. The van der Waals surface area contributed by atoms with Gasteiger partial charge < -0.3 is 9.57 Å². The molecule has 6 heteroatoms. The van der Waals surface area contributed by atoms with Crippen molar-refractivity contribution in [3.63, 3.8) is 0 Å². The van der Waals surface area contributed by atoms with Crippen LogP contribution in [0.5, 0.6) is 5.75 Å². The number of carbonyl (C=O) groups is 1. The fraction of sp³-hybridized carbons (Fsp3) is 0.211. The van der Waals surface area contributed by atoms with E-state index in [0.29, 0.717) is 15.8 Å². The van der Waals surface area contributed by atoms with Gasteiger partial charge in [-0.3, -0.25) is 0 Å². The van der Waals surface area contributed by atoms with Crippen molar-refractivity contribution >= 4 is 35.2 Å². The van der Waals surface area contributed by atoms with Gasteiger partial charge in [0.1, 0.15) is 5.75 Å². The van der Waals surface area contributed by atoms with Gasteiger partial charge in [-0.1, -0.05) is 41.4 Å². The van der Waals surface area contributed by atoms with E-state index in [1.807, 2.05) is 12.1 Å². The van der Waals surface area contributed by atoms with Gasteiger partial charge in [-0.15, -0.1) is 5.48 Å². The number of hydroxylamine groups is 1. The molecule has 1 N–H and O–H groups in total. The van der Waals surface area contributed by atoms with Gasteiger partial charge in [0.25, 0.3) is 0 Å². The molecular weight excluding hydrogens is 361 g/mol. The predicted octanol–water partition coefficient (Wildman–Crippen LogP) is 4.75. The fourth-order valence-corrected chi connectivity index (χ4v) is 3.33. The van der Waals surface area contributed by atoms with Crippen molar-refractivity contribution in [2.75, 3.05) is 7.11 Å². The molecule has 0 saturated heterocycles. The molecule has 0 aliphatic heterocycles. The van der Waals surface area contributed by atoms with Crippen LogP contribution in [0.3, 0.4) is 0 Å². The summed E-state index contributed by atoms with van der Waals surface area (Å²) in [5, 5.41) is 1.05. The maximum Gasteiger partial charge on any atom is 0.330 e. The summed E-state index contributed by atoms with van der Waals surface area (Å²) in [7, 11) is 1.36. The van der Waals surface area contributed by atoms with Crippen LogP contribution in [0.15, 0.2) is 42.5 Å². The van der Waals surface area contributed by atoms with Gasteiger partial charge in [-0.05, 0) is 41.7 Å². The second kappa shape index (κ2) is 7.91. The van der Waals surface area contributed by atoms with Crippen LogP contribution >= 0.6 is 23.2 Å². The summed E-state index contributed by atoms with van der Waals surface area (Å²) in [5.74, 6) is 0.206. The van der Waals surface area contributed by atoms with E-state index < -0.39 is 0 Å². The molecule has 0 saturated carbocycles. The molecule has 0 fully saturated rings. The van der Waals surface area contributed by atoms with Crippen molar-refractivity contribution in [1.29, 1.82) is 0 Å². The average Bonchev–Trinajstić information content (AvgIpc) is 2.99. The first-order valence-corrected chi connectivity index (χ1v) is 8.58. The maximum atomic E-state index is 11.2. The minimum Gasteiger partial charge on any atom is -0.466 e. The highest BCUT2D eigenvalue weighted by Crippen LogP contribution is 2.32. The molecule has 1 atom stereocenters. The van der Waals surface area contributed by atoms with Crippen LogP contribution in [-0.2, 0) is 16.0 Å². The number of hydrogen-bond acceptors (Lipinski definition) is 4. The Labute approximate surface area is 156 Å². The lowest BCUT2D eigenvalue weighted by Gasteiger charge is -2.15. The maximum absolute atomic E-state index is 11.2. The summed E-state index contributed by atoms with van der Waals surface area (Å²) >= 11 is 11.9. The molecule has 4 nitrogen and oxygen atoms in total. The second-order valence-corrected chi connectivity index (χ2v) is 6.60. The van der Waals surface area contributed by atoms with E-state index >= 15 is 0 Å². The highest BCUT2D eigenvalue weighted by Gasteiger charge is 2.23. The van der Waals surface area contributed by atoms with Crippen molar-refractivity contribution in [2.24, 2.45) is 0 Å². The van der Waals surface area contributed by atoms with E-state index in [9.17, 15) is 4.79 Å². The van der Waals surface area contributed by atoms with Crippen molar-refractivity contribution in [3.05, 3.63) is 69.2 Å². The molecule has 0 heterocycles. The third-order valence-electron chi connectivity index (χ3n) is 4.01. The van der Waals surface area contributed by atoms with Gasteiger partial charge in [0.15, 0.2) is 0 Å². The molecule has 2 aromatic rings. The Morgan fingerprint density at radius 3 is 2.68 bits per heavy atom. The van der Waals surface area contributed by atoms with Gasteiger partial charge in [0, 0.05) is 28.3 Å². The lowest BCUT2D eigenvalue weighted by Crippen LogP contribution is -2.23. The zero-order valence-corrected chi connectivity index (χ0v) is 15.1. The van der Waals surface area contributed by atoms with Gasteiger partial charge in [0.05, 0.1) is 13.2 Å². The molecular formula is C19H17Cl2NO3. The quantitative estimate of drug-likeness (QED) is 0.463. The van der Waals surface area contributed by atoms with Crippen LogP contribution in [0.1, 0.15) is 29.2 Å². The number of hydrogen-bond donors (Lipinski definition) is 1. The molecule has 130 valence electrons. The largest absolute Gasteiger partial charge is 0.466 e. The van der Waals surface area contributed by atoms with Crippen LogP contribution in [0.25, 0.3) is 6.08 Å². The number of carbonyl (C=O) groups excluding carboxylic acids is 1. The van der Waals surface area contributed by atoms with E-state index in [4.69, 9.17) is 28.0 Å². The summed E-state index contributed by atoms with van der Waals surface area (Å²) in [4.78, 5) is 16.8. The van der Waals surface area contributed by atoms with Crippen LogP contribution in [-0.4, -0.2) is 13.1 Å². The summed E-state index contributed by atoms with van der Waals surface area (Å²) < 4.78 is 4.60. The minimum atomic E-state index is -0.367. The molecule has 0 aromatic heterocycles. The van der Waals surface area contributed by atoms with Crippen molar-refractivity contribution in [1.82, 2.24) is 5.48 Å². The molecule has 1 aliphatic rings. The molecule has 0 radical (unpaired) electrons. The molecule has 0 bridgehead atoms. The van der Waals surface area contributed by atoms with Crippen LogP contribution in [0, 0.1) is 0 Å². The average molecular weight is 378 g/mol. The van der Waals surface area contributed by atoms with E-state index in [1.165, 1.54) is 24.3 Å². The molecule has 1 aliphatic carbocycles. The summed E-state index contributed by atoms with van der Waals surface area (Å²) in [6, 6.07) is 11.2. The SMILES string of the molecule is COC(=O)/C=C/c1ccc2c(c1)CCC2NOc1cc(Cl)cc(Cl)c1. The molecule has 0 amide bonds. The number of halogens is 2. The number of aryl methyl sites for hydroxylation is 1. The Hall–Kier alpha value is -2.01. The molecule has 3 rings (SSSR count). The molecule has 25 heavy (non-hydrogen) atoms. The zero-order valence-electron chi connectivity index (χ0n) is 13.6. The number of rotatable bonds is 5. The molecule has 2 aromatic carbocycles. The second-order valence-electron chi connectivity index (χ2n) is 5.73. The van der Waals surface area contributed by atoms with Crippen molar-refractivity contribution in [3.8, 4) is 5.75 Å². The summed E-state index contributed by atoms with van der Waals surface area (Å²) in [5.41, 5.74) is 6.46. The van der Waals surface area contributed by atoms with Gasteiger partial charge in [-0.2, -0.15) is 0 Å². The van der Waals surface area contributed by atoms with Gasteiger partial charge in [-0.25, -0.2) is 4.79 Å². The smallest absolute Gasteiger partial charge is 0.330 e. The minimum absolute atomic E-state index is 0.0893. The Kier molecular flexibility index (Phi) is 5.63. The number of ether oxygens (including phenoxy) is 1. The lowest BCUT2D eigenvalue weighted by molar-refractivity contribution is -0.134. The van der Waals surface area contributed by atoms with Crippen molar-refractivity contribution in [2.45, 2.75) is 18.9 Å². The summed E-state index contributed by atoms with van der Waals surface area (Å²) in [6.45, 7) is 0. The fourth-order valence-electron chi connectivity index (χ4n) is 2.82. The topological polar surface area (TPSA) is 47.6 Å². The zero-order chi connectivity index (χ0) is 17.8. The third kappa shape index (κ3) is 4.54. The standard InChI is InChI=1S/C19H17Cl2NO3/c1-24-19(23)7-3-12-2-5-17-13(8-12)4-6-18(17)22-25-16-10-14(20)9-15(21)11-16/h2-3,5,7-11,18,22H,4,6H2,1H3/b7-3+. The Morgan fingerprint density at radius 1 is 1.20 bits per heavy atom. The highest BCUT2D eigenvalue weighted by atomic mass is 35.5. The van der Waals surface area contributed by atoms with Gasteiger partial charge in [0.2, 0.25) is 0 Å². The number of methoxy groups -OCH3 is 1. The monoisotopic (exact) mass is 377 g/mol. The number of benzene rings is 2. The Morgan fingerprint density at radius 2 is 1.96 bits per heavy atom. The number of fused-ring (bicyclic) bond motifs is 1. The van der Waals surface area contributed by atoms with E-state index in [0.717, 1.165) is 18.4 Å². The van der Waals surface area contributed by atoms with Crippen LogP contribution in [0.4, 0.5) is 0 Å². The Balaban J connectivity index is 1.67. The first-order valence-electron chi connectivity index (χ1n) is 7.82. The summed E-state index contributed by atoms with van der Waals surface area (Å²) in [6.07, 6.45) is 5.02. The molecule has 0 spiro atoms. The first kappa shape index (κ1) is 17.8. The third-order valence-corrected chi connectivity index (χ3v) is 4.45. The normalized spacial score (nSPS) is 16.0. The van der Waals surface area contributed by atoms with E-state index in [-0.39, 0.29) is 12.0 Å². The van der Waals surface area contributed by atoms with Crippen molar-refractivity contribution < 1.29 is 14.4 Å². The lowest BCUT2D eigenvalue weighted by atomic mass is 10.0.